The molecule has 0 aliphatic heterocycles. The van der Waals surface area contributed by atoms with Gasteiger partial charge in [-0.05, 0) is 31.2 Å². The van der Waals surface area contributed by atoms with E-state index in [2.05, 4.69) is 4.73 Å². The Kier molecular flexibility index (Phi) is 7.22. The second kappa shape index (κ2) is 7.13. The molecule has 0 saturated heterocycles. The van der Waals surface area contributed by atoms with Crippen LogP contribution in [0.2, 0.25) is 0 Å². The van der Waals surface area contributed by atoms with E-state index in [1.165, 1.54) is 27.7 Å². The van der Waals surface area contributed by atoms with Gasteiger partial charge in [0, 0.05) is 0 Å². The molecule has 0 amide bonds. The van der Waals surface area contributed by atoms with E-state index in [-0.39, 0.29) is 26.1 Å². The van der Waals surface area contributed by atoms with Crippen LogP contribution in [0.25, 0.3) is 0 Å². The molecule has 1 N–H and O–H groups in total. The largest absolute Gasteiger partial charge is 0.381 e. The van der Waals surface area contributed by atoms with Crippen molar-refractivity contribution in [1.82, 2.24) is 0 Å². The van der Waals surface area contributed by atoms with Crippen molar-refractivity contribution in [3.8, 4) is 0 Å². The molecule has 18 heavy (non-hydrogen) atoms. The highest BCUT2D eigenvalue weighted by Gasteiger charge is 2.62. The maximum atomic E-state index is 12.7. The SMILES string of the molecule is CCOP(=O)(O)C(CC)(CC)P(=O)(OF)OCC. The summed E-state index contributed by atoms with van der Waals surface area (Å²) in [7, 11) is -8.75. The maximum Gasteiger partial charge on any atom is 0.381 e. The van der Waals surface area contributed by atoms with Gasteiger partial charge in [-0.2, -0.15) is 0 Å². The van der Waals surface area contributed by atoms with Crippen molar-refractivity contribution in [3.05, 3.63) is 0 Å². The number of hydrogen-bond acceptors (Lipinski definition) is 5. The van der Waals surface area contributed by atoms with Gasteiger partial charge in [0.1, 0.15) is 0 Å². The second-order valence-corrected chi connectivity index (χ2v) is 8.37. The van der Waals surface area contributed by atoms with Crippen LogP contribution >= 0.6 is 15.2 Å². The minimum Gasteiger partial charge on any atom is -0.323 e. The normalized spacial score (nSPS) is 19.2. The van der Waals surface area contributed by atoms with E-state index in [0.717, 1.165) is 0 Å². The van der Waals surface area contributed by atoms with E-state index in [1.807, 2.05) is 0 Å². The first-order chi connectivity index (χ1) is 8.30. The Morgan fingerprint density at radius 2 is 1.50 bits per heavy atom. The second-order valence-electron chi connectivity index (χ2n) is 3.61. The van der Waals surface area contributed by atoms with Gasteiger partial charge < -0.3 is 13.9 Å². The summed E-state index contributed by atoms with van der Waals surface area (Å²) in [4.78, 5) is 8.06. The van der Waals surface area contributed by atoms with Crippen LogP contribution in [0.1, 0.15) is 40.5 Å². The highest BCUT2D eigenvalue weighted by atomic mass is 31.2. The van der Waals surface area contributed by atoms with E-state index in [1.54, 1.807) is 0 Å². The van der Waals surface area contributed by atoms with E-state index in [9.17, 15) is 18.5 Å². The summed E-state index contributed by atoms with van der Waals surface area (Å²) in [5.74, 6) is 0. The summed E-state index contributed by atoms with van der Waals surface area (Å²) in [5.41, 5.74) is 0. The molecule has 0 bridgehead atoms. The predicted octanol–water partition coefficient (Wildman–Crippen LogP) is 3.86. The van der Waals surface area contributed by atoms with Crippen molar-refractivity contribution in [2.75, 3.05) is 13.2 Å². The van der Waals surface area contributed by atoms with Crippen molar-refractivity contribution in [1.29, 1.82) is 0 Å². The summed E-state index contributed by atoms with van der Waals surface area (Å²) >= 11 is 0. The first-order valence-electron chi connectivity index (χ1n) is 5.83. The zero-order valence-corrected chi connectivity index (χ0v) is 12.9. The van der Waals surface area contributed by atoms with Gasteiger partial charge in [0.2, 0.25) is 0 Å². The summed E-state index contributed by atoms with van der Waals surface area (Å²) in [6.45, 7) is 5.86. The third kappa shape index (κ3) is 3.03. The van der Waals surface area contributed by atoms with Crippen LogP contribution in [0.5, 0.6) is 0 Å². The van der Waals surface area contributed by atoms with Gasteiger partial charge in [-0.3, -0.25) is 9.13 Å². The molecule has 0 fully saturated rings. The lowest BCUT2D eigenvalue weighted by Gasteiger charge is -2.37. The van der Waals surface area contributed by atoms with E-state index >= 15 is 0 Å². The topological polar surface area (TPSA) is 82.1 Å². The number of rotatable bonds is 9. The molecule has 0 aromatic rings. The lowest BCUT2D eigenvalue weighted by atomic mass is 10.2. The van der Waals surface area contributed by atoms with Crippen molar-refractivity contribution < 1.29 is 32.3 Å². The Bertz CT molecular complexity index is 344. The standard InChI is InChI=1S/C9H21FO6P2/c1-5-9(6-2,17(11,12)14-7-3)18(13,16-10)15-8-4/h5-8H2,1-4H3,(H,11,12). The Morgan fingerprint density at radius 3 is 1.78 bits per heavy atom. The van der Waals surface area contributed by atoms with Crippen LogP contribution in [0.4, 0.5) is 4.53 Å². The zero-order valence-electron chi connectivity index (χ0n) is 11.1. The van der Waals surface area contributed by atoms with E-state index in [0.29, 0.717) is 0 Å². The molecule has 0 radical (unpaired) electrons. The van der Waals surface area contributed by atoms with Crippen LogP contribution in [-0.4, -0.2) is 23.0 Å². The van der Waals surface area contributed by atoms with E-state index < -0.39 is 20.1 Å². The van der Waals surface area contributed by atoms with Crippen LogP contribution in [0, 0.1) is 0 Å². The Hall–Kier alpha value is 0.230. The number of halogens is 1. The Morgan fingerprint density at radius 1 is 1.06 bits per heavy atom. The average molecular weight is 306 g/mol. The highest BCUT2D eigenvalue weighted by molar-refractivity contribution is 7.73. The van der Waals surface area contributed by atoms with Gasteiger partial charge in [0.25, 0.3) is 0 Å². The van der Waals surface area contributed by atoms with E-state index in [4.69, 9.17) is 9.05 Å². The summed E-state index contributed by atoms with van der Waals surface area (Å²) < 4.78 is 50.3. The molecule has 0 aliphatic carbocycles. The van der Waals surface area contributed by atoms with Gasteiger partial charge in [0.05, 0.1) is 13.2 Å². The molecular formula is C9H21FO6P2. The molecule has 0 saturated carbocycles. The first-order valence-corrected chi connectivity index (χ1v) is 8.95. The lowest BCUT2D eigenvalue weighted by molar-refractivity contribution is -0.0312. The maximum absolute atomic E-state index is 12.7. The molecule has 9 heteroatoms. The highest BCUT2D eigenvalue weighted by Crippen LogP contribution is 2.78. The van der Waals surface area contributed by atoms with Crippen molar-refractivity contribution in [2.24, 2.45) is 0 Å². The predicted molar refractivity (Wildman–Crippen MR) is 66.2 cm³/mol. The molecule has 110 valence electrons. The minimum absolute atomic E-state index is 0.0616. The molecule has 2 atom stereocenters. The summed E-state index contributed by atoms with van der Waals surface area (Å²) in [6.07, 6.45) is -0.142. The fraction of sp³-hybridized carbons (Fsp3) is 1.00. The van der Waals surface area contributed by atoms with Gasteiger partial charge in [0.15, 0.2) is 4.90 Å². The van der Waals surface area contributed by atoms with Crippen LogP contribution in [0.15, 0.2) is 0 Å². The molecule has 0 rings (SSSR count). The van der Waals surface area contributed by atoms with Gasteiger partial charge in [-0.15, -0.1) is 4.73 Å². The molecule has 2 unspecified atom stereocenters. The van der Waals surface area contributed by atoms with Crippen LogP contribution in [-0.2, 0) is 22.9 Å². The lowest BCUT2D eigenvalue weighted by Crippen LogP contribution is -2.30. The molecule has 0 aromatic heterocycles. The molecule has 0 spiro atoms. The Labute approximate surface area is 107 Å². The van der Waals surface area contributed by atoms with Crippen LogP contribution < -0.4 is 0 Å². The fourth-order valence-electron chi connectivity index (χ4n) is 1.86. The molecular weight excluding hydrogens is 285 g/mol. The van der Waals surface area contributed by atoms with Crippen molar-refractivity contribution in [3.63, 3.8) is 0 Å². The van der Waals surface area contributed by atoms with Gasteiger partial charge in [-0.1, -0.05) is 13.8 Å². The van der Waals surface area contributed by atoms with Gasteiger partial charge in [-0.25, -0.2) is 0 Å². The Balaban J connectivity index is 5.78. The third-order valence-corrected chi connectivity index (χ3v) is 9.08. The van der Waals surface area contributed by atoms with Crippen molar-refractivity contribution >= 4 is 15.2 Å². The summed E-state index contributed by atoms with van der Waals surface area (Å²) in [6, 6.07) is 0. The molecule has 0 aromatic carbocycles. The molecule has 0 heterocycles. The van der Waals surface area contributed by atoms with Gasteiger partial charge >= 0.3 is 15.2 Å². The smallest absolute Gasteiger partial charge is 0.323 e. The fourth-order valence-corrected chi connectivity index (χ4v) is 6.45. The monoisotopic (exact) mass is 306 g/mol. The summed E-state index contributed by atoms with van der Waals surface area (Å²) in [5, 5.41) is 0. The first kappa shape index (κ1) is 18.2. The molecule has 6 nitrogen and oxygen atoms in total. The third-order valence-electron chi connectivity index (χ3n) is 2.86. The van der Waals surface area contributed by atoms with Crippen molar-refractivity contribution in [2.45, 2.75) is 45.4 Å². The average Bonchev–Trinajstić information content (AvgIpc) is 2.31. The molecule has 0 aliphatic rings. The minimum atomic E-state index is -4.40. The quantitative estimate of drug-likeness (QED) is 0.651. The zero-order chi connectivity index (χ0) is 14.4. The number of hydrogen-bond donors (Lipinski definition) is 1. The van der Waals surface area contributed by atoms with Crippen LogP contribution in [0.3, 0.4) is 0 Å².